The second kappa shape index (κ2) is 7.46. The summed E-state index contributed by atoms with van der Waals surface area (Å²) in [5.74, 6) is 1.92. The number of nitrogens with zero attached hydrogens (tertiary/aromatic N) is 1. The monoisotopic (exact) mass is 382 g/mol. The molecule has 0 unspecified atom stereocenters. The van der Waals surface area contributed by atoms with E-state index in [1.165, 1.54) is 58.3 Å². The van der Waals surface area contributed by atoms with Gasteiger partial charge in [-0.25, -0.2) is 0 Å². The summed E-state index contributed by atoms with van der Waals surface area (Å²) in [5, 5.41) is 3.48. The highest BCUT2D eigenvalue weighted by molar-refractivity contribution is 5.82. The molecule has 1 aromatic rings. The second-order valence-corrected chi connectivity index (χ2v) is 9.96. The summed E-state index contributed by atoms with van der Waals surface area (Å²) in [5.41, 5.74) is 1.26. The molecule has 3 saturated carbocycles. The van der Waals surface area contributed by atoms with Crippen LogP contribution in [0.15, 0.2) is 30.3 Å². The van der Waals surface area contributed by atoms with Crippen LogP contribution in [0, 0.1) is 17.3 Å². The lowest BCUT2D eigenvalue weighted by atomic mass is 9.38. The van der Waals surface area contributed by atoms with E-state index < -0.39 is 0 Å². The summed E-state index contributed by atoms with van der Waals surface area (Å²) < 4.78 is 5.64. The number of nitrogens with one attached hydrogen (secondary N) is 1. The minimum Gasteiger partial charge on any atom is -0.460 e. The number of hydrogen-bond acceptors (Lipinski definition) is 4. The van der Waals surface area contributed by atoms with Gasteiger partial charge in [-0.15, -0.1) is 0 Å². The number of likely N-dealkylation sites (tertiary alicyclic amines) is 1. The van der Waals surface area contributed by atoms with E-state index in [9.17, 15) is 4.79 Å². The van der Waals surface area contributed by atoms with Gasteiger partial charge in [-0.05, 0) is 94.9 Å². The fraction of sp³-hybridized carbons (Fsp3) is 0.708. The second-order valence-electron chi connectivity index (χ2n) is 9.96. The van der Waals surface area contributed by atoms with E-state index in [1.807, 2.05) is 30.3 Å². The molecule has 0 spiro atoms. The van der Waals surface area contributed by atoms with Crippen LogP contribution in [0.2, 0.25) is 0 Å². The fourth-order valence-electron chi connectivity index (χ4n) is 6.39. The fourth-order valence-corrected chi connectivity index (χ4v) is 6.39. The van der Waals surface area contributed by atoms with Gasteiger partial charge in [0.1, 0.15) is 6.61 Å². The number of carbonyl (C=O) groups excluding carboxylic acids is 1. The zero-order valence-corrected chi connectivity index (χ0v) is 17.0. The standard InChI is InChI=1S/C24H34N2O2/c27-22(28-15-21-4-2-1-3-5-21)23-16-24(17-23,18-23)26-12-8-20(9-13-26)14-19-6-10-25-11-7-19/h1-5,19-20,25H,6-18H2. The van der Waals surface area contributed by atoms with Crippen molar-refractivity contribution in [2.24, 2.45) is 17.3 Å². The van der Waals surface area contributed by atoms with Crippen molar-refractivity contribution in [1.82, 2.24) is 10.2 Å². The Bertz CT molecular complexity index is 670. The molecule has 1 N–H and O–H groups in total. The summed E-state index contributed by atoms with van der Waals surface area (Å²) in [7, 11) is 0. The Morgan fingerprint density at radius 1 is 1.00 bits per heavy atom. The number of piperidine rings is 2. The van der Waals surface area contributed by atoms with Crippen LogP contribution in [-0.2, 0) is 16.1 Å². The van der Waals surface area contributed by atoms with Gasteiger partial charge >= 0.3 is 5.97 Å². The number of hydrogen-bond donors (Lipinski definition) is 1. The Morgan fingerprint density at radius 2 is 1.64 bits per heavy atom. The van der Waals surface area contributed by atoms with Crippen molar-refractivity contribution in [2.75, 3.05) is 26.2 Å². The van der Waals surface area contributed by atoms with Gasteiger partial charge in [0, 0.05) is 5.54 Å². The predicted molar refractivity (Wildman–Crippen MR) is 110 cm³/mol. The van der Waals surface area contributed by atoms with E-state index in [4.69, 9.17) is 4.74 Å². The quantitative estimate of drug-likeness (QED) is 0.761. The van der Waals surface area contributed by atoms with Crippen LogP contribution >= 0.6 is 0 Å². The molecular formula is C24H34N2O2. The number of esters is 1. The van der Waals surface area contributed by atoms with Crippen molar-refractivity contribution in [3.8, 4) is 0 Å². The van der Waals surface area contributed by atoms with Gasteiger partial charge in [0.05, 0.1) is 5.41 Å². The number of benzene rings is 1. The molecule has 2 saturated heterocycles. The van der Waals surface area contributed by atoms with Gasteiger partial charge < -0.3 is 10.1 Å². The normalized spacial score (nSPS) is 33.7. The van der Waals surface area contributed by atoms with E-state index in [1.54, 1.807) is 0 Å². The predicted octanol–water partition coefficient (Wildman–Crippen LogP) is 3.75. The Hall–Kier alpha value is -1.39. The molecular weight excluding hydrogens is 348 g/mol. The summed E-state index contributed by atoms with van der Waals surface area (Å²) in [6.45, 7) is 5.33. The van der Waals surface area contributed by atoms with Crippen LogP contribution in [-0.4, -0.2) is 42.6 Å². The van der Waals surface area contributed by atoms with Crippen LogP contribution in [0.4, 0.5) is 0 Å². The maximum atomic E-state index is 12.6. The minimum absolute atomic E-state index is 0.0408. The van der Waals surface area contributed by atoms with Crippen molar-refractivity contribution in [1.29, 1.82) is 0 Å². The van der Waals surface area contributed by atoms with Gasteiger partial charge in [-0.3, -0.25) is 9.69 Å². The molecule has 4 heteroatoms. The van der Waals surface area contributed by atoms with Crippen molar-refractivity contribution >= 4 is 5.97 Å². The van der Waals surface area contributed by atoms with Gasteiger partial charge in [0.25, 0.3) is 0 Å². The third-order valence-corrected chi connectivity index (χ3v) is 8.06. The first kappa shape index (κ1) is 18.6. The SMILES string of the molecule is O=C(OCc1ccccc1)C12CC(N3CCC(CC4CCNCC4)CC3)(C1)C2. The first-order chi connectivity index (χ1) is 13.7. The number of ether oxygens (including phenoxy) is 1. The number of rotatable bonds is 6. The summed E-state index contributed by atoms with van der Waals surface area (Å²) in [4.78, 5) is 15.3. The average Bonchev–Trinajstić information content (AvgIpc) is 2.67. The first-order valence-electron chi connectivity index (χ1n) is 11.3. The van der Waals surface area contributed by atoms with Crippen molar-refractivity contribution in [2.45, 2.75) is 63.5 Å². The molecule has 4 nitrogen and oxygen atoms in total. The van der Waals surface area contributed by atoms with E-state index in [0.717, 1.165) is 36.7 Å². The first-order valence-corrected chi connectivity index (χ1v) is 11.3. The van der Waals surface area contributed by atoms with E-state index in [-0.39, 0.29) is 11.4 Å². The van der Waals surface area contributed by atoms with Gasteiger partial charge in [0.2, 0.25) is 0 Å². The molecule has 2 heterocycles. The van der Waals surface area contributed by atoms with Crippen LogP contribution < -0.4 is 5.32 Å². The molecule has 1 aromatic carbocycles. The highest BCUT2D eigenvalue weighted by Crippen LogP contribution is 2.70. The molecule has 2 bridgehead atoms. The van der Waals surface area contributed by atoms with Crippen LogP contribution in [0.25, 0.3) is 0 Å². The molecule has 5 aliphatic rings. The summed E-state index contributed by atoms with van der Waals surface area (Å²) in [6, 6.07) is 10.0. The highest BCUT2D eigenvalue weighted by atomic mass is 16.5. The molecule has 152 valence electrons. The third-order valence-electron chi connectivity index (χ3n) is 8.06. The molecule has 0 aromatic heterocycles. The Kier molecular flexibility index (Phi) is 4.96. The Morgan fingerprint density at radius 3 is 2.32 bits per heavy atom. The molecule has 3 aliphatic carbocycles. The highest BCUT2D eigenvalue weighted by Gasteiger charge is 2.74. The molecule has 0 amide bonds. The molecule has 28 heavy (non-hydrogen) atoms. The van der Waals surface area contributed by atoms with Gasteiger partial charge in [-0.1, -0.05) is 30.3 Å². The maximum Gasteiger partial charge on any atom is 0.312 e. The molecule has 6 rings (SSSR count). The maximum absolute atomic E-state index is 12.6. The van der Waals surface area contributed by atoms with E-state index in [2.05, 4.69) is 10.2 Å². The lowest BCUT2D eigenvalue weighted by Gasteiger charge is -2.72. The average molecular weight is 383 g/mol. The Labute approximate surface area is 169 Å². The van der Waals surface area contributed by atoms with Crippen molar-refractivity contribution in [3.05, 3.63) is 35.9 Å². The van der Waals surface area contributed by atoms with Crippen molar-refractivity contribution < 1.29 is 9.53 Å². The molecule has 5 fully saturated rings. The summed E-state index contributed by atoms with van der Waals surface area (Å²) >= 11 is 0. The van der Waals surface area contributed by atoms with Crippen LogP contribution in [0.5, 0.6) is 0 Å². The largest absolute Gasteiger partial charge is 0.460 e. The Balaban J connectivity index is 1.06. The van der Waals surface area contributed by atoms with Crippen LogP contribution in [0.1, 0.15) is 56.9 Å². The zero-order chi connectivity index (χ0) is 19.0. The van der Waals surface area contributed by atoms with Gasteiger partial charge in [0.15, 0.2) is 0 Å². The van der Waals surface area contributed by atoms with E-state index in [0.29, 0.717) is 12.1 Å². The molecule has 0 atom stereocenters. The number of carbonyl (C=O) groups is 1. The van der Waals surface area contributed by atoms with Crippen LogP contribution in [0.3, 0.4) is 0 Å². The smallest absolute Gasteiger partial charge is 0.312 e. The third kappa shape index (κ3) is 3.39. The minimum atomic E-state index is -0.152. The topological polar surface area (TPSA) is 41.6 Å². The molecule has 0 radical (unpaired) electrons. The zero-order valence-electron chi connectivity index (χ0n) is 17.0. The summed E-state index contributed by atoms with van der Waals surface area (Å²) in [6.07, 6.45) is 10.0. The van der Waals surface area contributed by atoms with Crippen molar-refractivity contribution in [3.63, 3.8) is 0 Å². The lowest BCUT2D eigenvalue weighted by Crippen LogP contribution is -2.77. The van der Waals surface area contributed by atoms with E-state index >= 15 is 0 Å². The lowest BCUT2D eigenvalue weighted by molar-refractivity contribution is -0.240. The molecule has 2 aliphatic heterocycles. The van der Waals surface area contributed by atoms with Gasteiger partial charge in [-0.2, -0.15) is 0 Å².